The highest BCUT2D eigenvalue weighted by Gasteiger charge is 2.12. The minimum Gasteiger partial charge on any atom is -0.224 e. The first kappa shape index (κ1) is 9.26. The van der Waals surface area contributed by atoms with Crippen LogP contribution in [-0.4, -0.2) is 14.2 Å². The molecule has 0 aliphatic rings. The smallest absolute Gasteiger partial charge is 0.178 e. The van der Waals surface area contributed by atoms with Gasteiger partial charge in [-0.15, -0.1) is 0 Å². The molecular formula is C9H11O2S. The van der Waals surface area contributed by atoms with Gasteiger partial charge in [-0.2, -0.15) is 0 Å². The van der Waals surface area contributed by atoms with E-state index in [-0.39, 0.29) is 5.75 Å². The number of hydrogen-bond donors (Lipinski definition) is 0. The zero-order valence-corrected chi connectivity index (χ0v) is 7.98. The Labute approximate surface area is 73.2 Å². The second-order valence-electron chi connectivity index (χ2n) is 2.60. The zero-order valence-electron chi connectivity index (χ0n) is 7.16. The molecule has 0 aliphatic carbocycles. The minimum absolute atomic E-state index is 0.151. The van der Waals surface area contributed by atoms with Crippen molar-refractivity contribution in [2.24, 2.45) is 0 Å². The second-order valence-corrected chi connectivity index (χ2v) is 4.84. The van der Waals surface area contributed by atoms with Crippen LogP contribution in [0.4, 0.5) is 0 Å². The Balaban J connectivity index is 3.30. The predicted octanol–water partition coefficient (Wildman–Crippen LogP) is 1.59. The lowest BCUT2D eigenvalue weighted by atomic mass is 10.2. The van der Waals surface area contributed by atoms with Crippen molar-refractivity contribution in [3.05, 3.63) is 29.8 Å². The molecule has 0 spiro atoms. The fourth-order valence-electron chi connectivity index (χ4n) is 1.00. The number of aryl methyl sites for hydroxylation is 1. The van der Waals surface area contributed by atoms with Crippen LogP contribution in [0.25, 0.3) is 0 Å². The summed E-state index contributed by atoms with van der Waals surface area (Å²) >= 11 is 0. The Bertz CT molecular complexity index is 366. The highest BCUT2D eigenvalue weighted by atomic mass is 32.2. The van der Waals surface area contributed by atoms with Crippen LogP contribution >= 0.6 is 0 Å². The number of sulfone groups is 1. The monoisotopic (exact) mass is 183 g/mol. The summed E-state index contributed by atoms with van der Waals surface area (Å²) in [5.41, 5.74) is 0.763. The van der Waals surface area contributed by atoms with Gasteiger partial charge in [0.15, 0.2) is 9.84 Å². The van der Waals surface area contributed by atoms with E-state index in [1.54, 1.807) is 32.0 Å². The molecule has 0 N–H and O–H groups in total. The van der Waals surface area contributed by atoms with Crippen LogP contribution in [0, 0.1) is 13.0 Å². The Morgan fingerprint density at radius 2 is 2.17 bits per heavy atom. The van der Waals surface area contributed by atoms with Gasteiger partial charge < -0.3 is 0 Å². The van der Waals surface area contributed by atoms with Gasteiger partial charge >= 0.3 is 0 Å². The van der Waals surface area contributed by atoms with Gasteiger partial charge in [0.05, 0.1) is 10.6 Å². The average molecular weight is 183 g/mol. The fraction of sp³-hybridized carbons (Fsp3) is 0.333. The van der Waals surface area contributed by atoms with Crippen LogP contribution in [0.5, 0.6) is 0 Å². The maximum atomic E-state index is 11.4. The van der Waals surface area contributed by atoms with Crippen molar-refractivity contribution in [1.82, 2.24) is 0 Å². The predicted molar refractivity (Wildman–Crippen MR) is 47.7 cm³/mol. The van der Waals surface area contributed by atoms with Crippen molar-refractivity contribution < 1.29 is 8.42 Å². The van der Waals surface area contributed by atoms with E-state index in [2.05, 4.69) is 6.07 Å². The Morgan fingerprint density at radius 1 is 1.50 bits per heavy atom. The summed E-state index contributed by atoms with van der Waals surface area (Å²) in [6, 6.07) is 7.73. The van der Waals surface area contributed by atoms with E-state index in [0.29, 0.717) is 4.90 Å². The minimum atomic E-state index is -3.05. The molecule has 0 fully saturated rings. The summed E-state index contributed by atoms with van der Waals surface area (Å²) in [5, 5.41) is 0. The summed E-state index contributed by atoms with van der Waals surface area (Å²) in [6.45, 7) is 3.42. The van der Waals surface area contributed by atoms with Crippen molar-refractivity contribution >= 4 is 9.84 Å². The van der Waals surface area contributed by atoms with Crippen LogP contribution in [-0.2, 0) is 9.84 Å². The van der Waals surface area contributed by atoms with Gasteiger partial charge in [0.2, 0.25) is 0 Å². The number of benzene rings is 1. The van der Waals surface area contributed by atoms with Crippen molar-refractivity contribution in [3.8, 4) is 0 Å². The molecule has 2 nitrogen and oxygen atoms in total. The third-order valence-corrected chi connectivity index (χ3v) is 3.62. The molecule has 0 aliphatic heterocycles. The lowest BCUT2D eigenvalue weighted by molar-refractivity contribution is 0.596. The molecule has 0 amide bonds. The molecule has 0 heterocycles. The first-order chi connectivity index (χ1) is 5.58. The lowest BCUT2D eigenvalue weighted by Gasteiger charge is -2.03. The van der Waals surface area contributed by atoms with Gasteiger partial charge in [-0.3, -0.25) is 0 Å². The molecule has 1 rings (SSSR count). The van der Waals surface area contributed by atoms with Gasteiger partial charge in [0, 0.05) is 0 Å². The van der Waals surface area contributed by atoms with E-state index in [4.69, 9.17) is 0 Å². The van der Waals surface area contributed by atoms with Crippen molar-refractivity contribution in [3.63, 3.8) is 0 Å². The zero-order chi connectivity index (χ0) is 9.19. The number of hydrogen-bond acceptors (Lipinski definition) is 2. The van der Waals surface area contributed by atoms with E-state index in [1.807, 2.05) is 0 Å². The lowest BCUT2D eigenvalue weighted by Crippen LogP contribution is -2.05. The molecule has 65 valence electrons. The van der Waals surface area contributed by atoms with Gasteiger partial charge in [-0.25, -0.2) is 8.42 Å². The molecule has 1 radical (unpaired) electrons. The highest BCUT2D eigenvalue weighted by molar-refractivity contribution is 7.91. The Hall–Kier alpha value is -0.830. The van der Waals surface area contributed by atoms with Crippen LogP contribution in [0.2, 0.25) is 0 Å². The molecule has 1 aromatic rings. The molecule has 0 aromatic heterocycles. The van der Waals surface area contributed by atoms with Crippen LogP contribution < -0.4 is 0 Å². The van der Waals surface area contributed by atoms with Gasteiger partial charge in [0.1, 0.15) is 0 Å². The molecule has 3 heteroatoms. The maximum Gasteiger partial charge on any atom is 0.178 e. The van der Waals surface area contributed by atoms with Gasteiger partial charge in [0.25, 0.3) is 0 Å². The van der Waals surface area contributed by atoms with E-state index >= 15 is 0 Å². The molecule has 12 heavy (non-hydrogen) atoms. The average Bonchev–Trinajstić information content (AvgIpc) is 2.05. The quantitative estimate of drug-likeness (QED) is 0.697. The second kappa shape index (κ2) is 3.27. The molecule has 1 aromatic carbocycles. The maximum absolute atomic E-state index is 11.4. The normalized spacial score (nSPS) is 11.5. The molecule has 0 atom stereocenters. The van der Waals surface area contributed by atoms with Crippen molar-refractivity contribution in [1.29, 1.82) is 0 Å². The first-order valence-corrected chi connectivity index (χ1v) is 5.42. The summed E-state index contributed by atoms with van der Waals surface area (Å²) < 4.78 is 22.8. The largest absolute Gasteiger partial charge is 0.224 e. The summed E-state index contributed by atoms with van der Waals surface area (Å²) in [4.78, 5) is 0.420. The molecule has 0 unspecified atom stereocenters. The van der Waals surface area contributed by atoms with Gasteiger partial charge in [-0.1, -0.05) is 19.1 Å². The standard InChI is InChI=1S/C9H11O2S/c1-3-12(10,11)9-7-5-4-6-8(9)2/h5-7H,3H2,1-2H3. The topological polar surface area (TPSA) is 34.1 Å². The highest BCUT2D eigenvalue weighted by Crippen LogP contribution is 2.14. The fourth-order valence-corrected chi connectivity index (χ4v) is 2.14. The van der Waals surface area contributed by atoms with E-state index < -0.39 is 9.84 Å². The van der Waals surface area contributed by atoms with Crippen LogP contribution in [0.15, 0.2) is 23.1 Å². The van der Waals surface area contributed by atoms with Crippen LogP contribution in [0.1, 0.15) is 12.5 Å². The van der Waals surface area contributed by atoms with E-state index in [9.17, 15) is 8.42 Å². The van der Waals surface area contributed by atoms with E-state index in [1.165, 1.54) is 0 Å². The Morgan fingerprint density at radius 3 is 2.67 bits per heavy atom. The van der Waals surface area contributed by atoms with Crippen LogP contribution in [0.3, 0.4) is 0 Å². The summed E-state index contributed by atoms with van der Waals surface area (Å²) in [7, 11) is -3.05. The van der Waals surface area contributed by atoms with Crippen molar-refractivity contribution in [2.45, 2.75) is 18.7 Å². The third kappa shape index (κ3) is 1.67. The van der Waals surface area contributed by atoms with E-state index in [0.717, 1.165) is 5.56 Å². The summed E-state index contributed by atoms with van der Waals surface area (Å²) in [5.74, 6) is 0.151. The molecule has 0 bridgehead atoms. The molecule has 0 saturated carbocycles. The third-order valence-electron chi connectivity index (χ3n) is 1.73. The summed E-state index contributed by atoms with van der Waals surface area (Å²) in [6.07, 6.45) is 0. The van der Waals surface area contributed by atoms with Crippen molar-refractivity contribution in [2.75, 3.05) is 5.75 Å². The molecule has 0 saturated heterocycles. The Kier molecular flexibility index (Phi) is 2.52. The molecular weight excluding hydrogens is 172 g/mol. The van der Waals surface area contributed by atoms with Gasteiger partial charge in [-0.05, 0) is 24.6 Å². The first-order valence-electron chi connectivity index (χ1n) is 3.77. The number of rotatable bonds is 2. The SMILES string of the molecule is CCS(=O)(=O)c1cc[c]cc1C.